The van der Waals surface area contributed by atoms with Crippen LogP contribution in [0.5, 0.6) is 0 Å². The minimum Gasteiger partial charge on any atom is -0.319 e. The van der Waals surface area contributed by atoms with Gasteiger partial charge in [0.25, 0.3) is 5.69 Å². The maximum atomic E-state index is 11.5. The second kappa shape index (κ2) is 6.32. The van der Waals surface area contributed by atoms with E-state index in [0.717, 1.165) is 0 Å². The van der Waals surface area contributed by atoms with Gasteiger partial charge in [-0.2, -0.15) is 0 Å². The average Bonchev–Trinajstić information content (AvgIpc) is 2.28. The normalized spacial score (nSPS) is 10.4. The molecule has 7 heteroatoms. The molecule has 0 unspecified atom stereocenters. The topological polar surface area (TPSA) is 84.3 Å². The number of nitrogens with one attached hydrogen (secondary N) is 2. The molecular formula is C11H14ClN3O3. The van der Waals surface area contributed by atoms with Crippen LogP contribution in [0.2, 0.25) is 5.02 Å². The fraction of sp³-hybridized carbons (Fsp3) is 0.364. The highest BCUT2D eigenvalue weighted by molar-refractivity contribution is 6.31. The summed E-state index contributed by atoms with van der Waals surface area (Å²) in [7, 11) is 0. The molecule has 0 saturated heterocycles. The molecule has 0 aliphatic rings. The van der Waals surface area contributed by atoms with Crippen molar-refractivity contribution < 1.29 is 9.72 Å². The highest BCUT2D eigenvalue weighted by Crippen LogP contribution is 2.27. The number of carbonyl (C=O) groups excluding carboxylic acids is 1. The minimum atomic E-state index is -0.586. The van der Waals surface area contributed by atoms with Crippen molar-refractivity contribution in [3.05, 3.63) is 33.3 Å². The first kappa shape index (κ1) is 14.4. The van der Waals surface area contributed by atoms with E-state index in [1.807, 2.05) is 13.8 Å². The molecule has 2 N–H and O–H groups in total. The van der Waals surface area contributed by atoms with Gasteiger partial charge in [-0.3, -0.25) is 14.9 Å². The molecule has 0 saturated carbocycles. The molecule has 98 valence electrons. The number of hydrogen-bond donors (Lipinski definition) is 2. The zero-order chi connectivity index (χ0) is 13.7. The van der Waals surface area contributed by atoms with Gasteiger partial charge in [-0.05, 0) is 12.1 Å². The van der Waals surface area contributed by atoms with Gasteiger partial charge in [0.15, 0.2) is 0 Å². The second-order valence-electron chi connectivity index (χ2n) is 4.00. The molecule has 0 radical (unpaired) electrons. The van der Waals surface area contributed by atoms with E-state index < -0.39 is 4.92 Å². The molecule has 0 bridgehead atoms. The lowest BCUT2D eigenvalue weighted by molar-refractivity contribution is -0.383. The number of nitrogens with zero attached hydrogens (tertiary/aromatic N) is 1. The maximum absolute atomic E-state index is 11.5. The molecule has 0 spiro atoms. The summed E-state index contributed by atoms with van der Waals surface area (Å²) in [5, 5.41) is 16.4. The van der Waals surface area contributed by atoms with Crippen molar-refractivity contribution >= 4 is 28.9 Å². The largest absolute Gasteiger partial charge is 0.319 e. The Hall–Kier alpha value is -1.66. The summed E-state index contributed by atoms with van der Waals surface area (Å²) in [5.74, 6) is -0.339. The van der Waals surface area contributed by atoms with E-state index in [2.05, 4.69) is 10.6 Å². The van der Waals surface area contributed by atoms with Crippen LogP contribution in [0.1, 0.15) is 13.8 Å². The Balaban J connectivity index is 2.78. The van der Waals surface area contributed by atoms with Crippen LogP contribution in [0.25, 0.3) is 0 Å². The van der Waals surface area contributed by atoms with Crippen molar-refractivity contribution in [1.82, 2.24) is 5.32 Å². The first-order chi connectivity index (χ1) is 8.40. The molecule has 6 nitrogen and oxygen atoms in total. The van der Waals surface area contributed by atoms with Gasteiger partial charge >= 0.3 is 0 Å². The van der Waals surface area contributed by atoms with Crippen molar-refractivity contribution in [3.8, 4) is 0 Å². The zero-order valence-corrected chi connectivity index (χ0v) is 10.8. The van der Waals surface area contributed by atoms with Gasteiger partial charge in [-0.15, -0.1) is 0 Å². The third kappa shape index (κ3) is 4.31. The predicted molar refractivity (Wildman–Crippen MR) is 69.9 cm³/mol. The Bertz CT molecular complexity index is 463. The van der Waals surface area contributed by atoms with E-state index >= 15 is 0 Å². The van der Waals surface area contributed by atoms with E-state index in [1.54, 1.807) is 0 Å². The Morgan fingerprint density at radius 2 is 2.17 bits per heavy atom. The second-order valence-corrected chi connectivity index (χ2v) is 4.44. The number of carbonyl (C=O) groups is 1. The van der Waals surface area contributed by atoms with Crippen molar-refractivity contribution in [2.24, 2.45) is 0 Å². The third-order valence-corrected chi connectivity index (χ3v) is 2.34. The smallest absolute Gasteiger partial charge is 0.294 e. The molecule has 1 aromatic rings. The molecule has 0 aromatic heterocycles. The summed E-state index contributed by atoms with van der Waals surface area (Å²) < 4.78 is 0. The number of hydrogen-bond acceptors (Lipinski definition) is 4. The summed E-state index contributed by atoms with van der Waals surface area (Å²) in [6.07, 6.45) is 0. The molecule has 0 fully saturated rings. The summed E-state index contributed by atoms with van der Waals surface area (Å²) in [6, 6.07) is 4.26. The first-order valence-electron chi connectivity index (χ1n) is 5.37. The predicted octanol–water partition coefficient (Wildman–Crippen LogP) is 2.18. The van der Waals surface area contributed by atoms with Gasteiger partial charge in [0.05, 0.1) is 11.5 Å². The van der Waals surface area contributed by atoms with Crippen LogP contribution in [-0.2, 0) is 4.79 Å². The van der Waals surface area contributed by atoms with E-state index in [4.69, 9.17) is 11.6 Å². The van der Waals surface area contributed by atoms with Crippen LogP contribution in [-0.4, -0.2) is 23.4 Å². The van der Waals surface area contributed by atoms with Crippen molar-refractivity contribution in [2.45, 2.75) is 19.9 Å². The summed E-state index contributed by atoms with van der Waals surface area (Å²) in [6.45, 7) is 3.90. The van der Waals surface area contributed by atoms with Gasteiger partial charge in [-0.1, -0.05) is 25.4 Å². The maximum Gasteiger partial charge on any atom is 0.294 e. The highest BCUT2D eigenvalue weighted by atomic mass is 35.5. The Morgan fingerprint density at radius 1 is 1.50 bits per heavy atom. The van der Waals surface area contributed by atoms with Gasteiger partial charge in [0.1, 0.15) is 5.69 Å². The number of nitro groups is 1. The van der Waals surface area contributed by atoms with Crippen molar-refractivity contribution in [3.63, 3.8) is 0 Å². The molecule has 0 heterocycles. The fourth-order valence-electron chi connectivity index (χ4n) is 1.25. The van der Waals surface area contributed by atoms with Gasteiger partial charge in [0, 0.05) is 17.1 Å². The number of halogens is 1. The molecule has 0 aliphatic carbocycles. The van der Waals surface area contributed by atoms with Crippen LogP contribution >= 0.6 is 11.6 Å². The Morgan fingerprint density at radius 3 is 2.72 bits per heavy atom. The number of amides is 1. The number of rotatable bonds is 5. The zero-order valence-electron chi connectivity index (χ0n) is 10.1. The number of benzene rings is 1. The van der Waals surface area contributed by atoms with E-state index in [9.17, 15) is 14.9 Å². The number of nitro benzene ring substituents is 1. The van der Waals surface area contributed by atoms with Crippen LogP contribution in [0.3, 0.4) is 0 Å². The molecule has 0 aliphatic heterocycles. The van der Waals surface area contributed by atoms with Gasteiger partial charge in [-0.25, -0.2) is 0 Å². The van der Waals surface area contributed by atoms with Crippen LogP contribution in [0.4, 0.5) is 11.4 Å². The standard InChI is InChI=1S/C11H14ClN3O3/c1-7(2)13-6-11(16)14-9-4-3-8(12)5-10(9)15(17)18/h3-5,7,13H,6H2,1-2H3,(H,14,16). The lowest BCUT2D eigenvalue weighted by Crippen LogP contribution is -2.32. The molecule has 1 rings (SSSR count). The summed E-state index contributed by atoms with van der Waals surface area (Å²) in [4.78, 5) is 21.8. The van der Waals surface area contributed by atoms with E-state index in [0.29, 0.717) is 0 Å². The lowest BCUT2D eigenvalue weighted by atomic mass is 10.2. The summed E-state index contributed by atoms with van der Waals surface area (Å²) >= 11 is 5.67. The number of anilines is 1. The molecular weight excluding hydrogens is 258 g/mol. The highest BCUT2D eigenvalue weighted by Gasteiger charge is 2.16. The monoisotopic (exact) mass is 271 g/mol. The summed E-state index contributed by atoms with van der Waals surface area (Å²) in [5.41, 5.74) is -0.0830. The van der Waals surface area contributed by atoms with E-state index in [-0.39, 0.29) is 34.9 Å². The molecule has 1 amide bonds. The Kier molecular flexibility index (Phi) is 5.06. The Labute approximate surface area is 109 Å². The van der Waals surface area contributed by atoms with Crippen LogP contribution in [0, 0.1) is 10.1 Å². The van der Waals surface area contributed by atoms with Gasteiger partial charge in [0.2, 0.25) is 5.91 Å². The lowest BCUT2D eigenvalue weighted by Gasteiger charge is -2.09. The van der Waals surface area contributed by atoms with Crippen LogP contribution < -0.4 is 10.6 Å². The van der Waals surface area contributed by atoms with Crippen LogP contribution in [0.15, 0.2) is 18.2 Å². The fourth-order valence-corrected chi connectivity index (χ4v) is 1.42. The first-order valence-corrected chi connectivity index (χ1v) is 5.75. The molecule has 1 aromatic carbocycles. The molecule has 0 atom stereocenters. The minimum absolute atomic E-state index is 0.0947. The van der Waals surface area contributed by atoms with Crippen molar-refractivity contribution in [1.29, 1.82) is 0 Å². The quantitative estimate of drug-likeness (QED) is 0.635. The van der Waals surface area contributed by atoms with Crippen molar-refractivity contribution in [2.75, 3.05) is 11.9 Å². The SMILES string of the molecule is CC(C)NCC(=O)Nc1ccc(Cl)cc1[N+](=O)[O-]. The average molecular weight is 272 g/mol. The third-order valence-electron chi connectivity index (χ3n) is 2.10. The molecule has 18 heavy (non-hydrogen) atoms. The van der Waals surface area contributed by atoms with E-state index in [1.165, 1.54) is 18.2 Å². The van der Waals surface area contributed by atoms with Gasteiger partial charge < -0.3 is 10.6 Å².